The molecule has 5 nitrogen and oxygen atoms in total. The third-order valence-corrected chi connectivity index (χ3v) is 3.24. The van der Waals surface area contributed by atoms with E-state index in [0.29, 0.717) is 11.6 Å². The zero-order valence-electron chi connectivity index (χ0n) is 11.4. The Morgan fingerprint density at radius 3 is 2.85 bits per heavy atom. The zero-order valence-corrected chi connectivity index (χ0v) is 11.4. The normalized spacial score (nSPS) is 12.5. The van der Waals surface area contributed by atoms with Crippen molar-refractivity contribution in [3.8, 4) is 0 Å². The second kappa shape index (κ2) is 4.85. The fourth-order valence-electron chi connectivity index (χ4n) is 2.19. The molecule has 3 rings (SSSR count). The van der Waals surface area contributed by atoms with Crippen LogP contribution in [0.3, 0.4) is 0 Å². The highest BCUT2D eigenvalue weighted by Crippen LogP contribution is 2.30. The molecule has 3 N–H and O–H groups in total. The minimum absolute atomic E-state index is 0.0507. The number of pyridine rings is 1. The highest BCUT2D eigenvalue weighted by atomic mass is 16.4. The molecule has 0 saturated carbocycles. The molecule has 20 heavy (non-hydrogen) atoms. The summed E-state index contributed by atoms with van der Waals surface area (Å²) in [5.74, 6) is 1.45. The molecule has 2 heterocycles. The van der Waals surface area contributed by atoms with Gasteiger partial charge in [-0.05, 0) is 26.0 Å². The standard InChI is InChI=1S/C15H16N4O/c1-9-7-18-15(20-9)10(2)19-13-4-3-11-8-17-6-5-12(11)14(13)16/h3-8,10,19H,16H2,1-2H3. The maximum absolute atomic E-state index is 6.21. The van der Waals surface area contributed by atoms with Gasteiger partial charge in [-0.2, -0.15) is 0 Å². The molecule has 5 heteroatoms. The van der Waals surface area contributed by atoms with E-state index in [0.717, 1.165) is 22.2 Å². The highest BCUT2D eigenvalue weighted by molar-refractivity contribution is 5.98. The van der Waals surface area contributed by atoms with Crippen LogP contribution in [0.1, 0.15) is 24.6 Å². The number of nitrogens with one attached hydrogen (secondary N) is 1. The van der Waals surface area contributed by atoms with Crippen molar-refractivity contribution in [2.75, 3.05) is 11.1 Å². The lowest BCUT2D eigenvalue weighted by atomic mass is 10.1. The molecule has 1 atom stereocenters. The first-order valence-electron chi connectivity index (χ1n) is 6.46. The molecular formula is C15H16N4O. The molecule has 2 aromatic heterocycles. The van der Waals surface area contributed by atoms with E-state index in [1.165, 1.54) is 0 Å². The number of aromatic nitrogens is 2. The molecule has 0 bridgehead atoms. The summed E-state index contributed by atoms with van der Waals surface area (Å²) in [6, 6.07) is 5.81. The number of anilines is 2. The summed E-state index contributed by atoms with van der Waals surface area (Å²) in [4.78, 5) is 8.32. The fraction of sp³-hybridized carbons (Fsp3) is 0.200. The summed E-state index contributed by atoms with van der Waals surface area (Å²) in [5.41, 5.74) is 7.79. The third-order valence-electron chi connectivity index (χ3n) is 3.24. The Hall–Kier alpha value is -2.56. The second-order valence-electron chi connectivity index (χ2n) is 4.80. The van der Waals surface area contributed by atoms with Crippen molar-refractivity contribution in [1.29, 1.82) is 0 Å². The number of benzene rings is 1. The van der Waals surface area contributed by atoms with Gasteiger partial charge in [0, 0.05) is 23.2 Å². The van der Waals surface area contributed by atoms with Crippen LogP contribution in [0.2, 0.25) is 0 Å². The van der Waals surface area contributed by atoms with Crippen molar-refractivity contribution in [3.63, 3.8) is 0 Å². The zero-order chi connectivity index (χ0) is 14.1. The third kappa shape index (κ3) is 2.18. The summed E-state index contributed by atoms with van der Waals surface area (Å²) >= 11 is 0. The van der Waals surface area contributed by atoms with Crippen molar-refractivity contribution < 1.29 is 4.42 Å². The van der Waals surface area contributed by atoms with E-state index >= 15 is 0 Å². The van der Waals surface area contributed by atoms with E-state index < -0.39 is 0 Å². The van der Waals surface area contributed by atoms with E-state index in [-0.39, 0.29) is 6.04 Å². The van der Waals surface area contributed by atoms with Crippen molar-refractivity contribution in [1.82, 2.24) is 9.97 Å². The molecule has 0 spiro atoms. The number of rotatable bonds is 3. The number of nitrogens with zero attached hydrogens (tertiary/aromatic N) is 2. The fourth-order valence-corrected chi connectivity index (χ4v) is 2.19. The number of oxazole rings is 1. The molecule has 3 aromatic rings. The monoisotopic (exact) mass is 268 g/mol. The topological polar surface area (TPSA) is 77.0 Å². The minimum Gasteiger partial charge on any atom is -0.444 e. The highest BCUT2D eigenvalue weighted by Gasteiger charge is 2.13. The lowest BCUT2D eigenvalue weighted by Gasteiger charge is -2.15. The van der Waals surface area contributed by atoms with Gasteiger partial charge in [-0.25, -0.2) is 4.98 Å². The first kappa shape index (κ1) is 12.5. The second-order valence-corrected chi connectivity index (χ2v) is 4.80. The quantitative estimate of drug-likeness (QED) is 0.713. The molecule has 0 radical (unpaired) electrons. The first-order valence-corrected chi connectivity index (χ1v) is 6.46. The Morgan fingerprint density at radius 2 is 2.10 bits per heavy atom. The van der Waals surface area contributed by atoms with Gasteiger partial charge in [0.1, 0.15) is 11.8 Å². The van der Waals surface area contributed by atoms with Crippen LogP contribution in [0.15, 0.2) is 41.2 Å². The summed E-state index contributed by atoms with van der Waals surface area (Å²) in [7, 11) is 0. The predicted molar refractivity (Wildman–Crippen MR) is 79.4 cm³/mol. The van der Waals surface area contributed by atoms with Gasteiger partial charge in [0.15, 0.2) is 0 Å². The van der Waals surface area contributed by atoms with Gasteiger partial charge in [-0.15, -0.1) is 0 Å². The molecule has 0 aliphatic heterocycles. The van der Waals surface area contributed by atoms with E-state index in [2.05, 4.69) is 15.3 Å². The lowest BCUT2D eigenvalue weighted by molar-refractivity contribution is 0.454. The van der Waals surface area contributed by atoms with E-state index in [4.69, 9.17) is 10.2 Å². The van der Waals surface area contributed by atoms with Gasteiger partial charge < -0.3 is 15.5 Å². The number of hydrogen-bond acceptors (Lipinski definition) is 5. The molecule has 102 valence electrons. The van der Waals surface area contributed by atoms with Gasteiger partial charge in [0.2, 0.25) is 5.89 Å². The SMILES string of the molecule is Cc1cnc(C(C)Nc2ccc3cnccc3c2N)o1. The Labute approximate surface area is 116 Å². The van der Waals surface area contributed by atoms with Crippen molar-refractivity contribution >= 4 is 22.1 Å². The Kier molecular flexibility index (Phi) is 3.02. The van der Waals surface area contributed by atoms with Crippen LogP contribution in [0.25, 0.3) is 10.8 Å². The molecular weight excluding hydrogens is 252 g/mol. The first-order chi connectivity index (χ1) is 9.65. The van der Waals surface area contributed by atoms with Crippen LogP contribution >= 0.6 is 0 Å². The van der Waals surface area contributed by atoms with Crippen molar-refractivity contribution in [3.05, 3.63) is 48.4 Å². The average Bonchev–Trinajstić information content (AvgIpc) is 2.89. The van der Waals surface area contributed by atoms with Crippen LogP contribution in [0, 0.1) is 6.92 Å². The Bertz CT molecular complexity index is 750. The maximum atomic E-state index is 6.21. The van der Waals surface area contributed by atoms with Crippen LogP contribution in [-0.2, 0) is 0 Å². The summed E-state index contributed by atoms with van der Waals surface area (Å²) in [6.45, 7) is 3.86. The van der Waals surface area contributed by atoms with E-state index in [9.17, 15) is 0 Å². The summed E-state index contributed by atoms with van der Waals surface area (Å²) in [6.07, 6.45) is 5.25. The Morgan fingerprint density at radius 1 is 1.25 bits per heavy atom. The molecule has 0 fully saturated rings. The van der Waals surface area contributed by atoms with Crippen molar-refractivity contribution in [2.24, 2.45) is 0 Å². The number of hydrogen-bond donors (Lipinski definition) is 2. The molecule has 1 unspecified atom stereocenters. The molecule has 0 amide bonds. The molecule has 0 aliphatic carbocycles. The number of fused-ring (bicyclic) bond motifs is 1. The van der Waals surface area contributed by atoms with Gasteiger partial charge in [0.25, 0.3) is 0 Å². The summed E-state index contributed by atoms with van der Waals surface area (Å²) in [5, 5.41) is 5.34. The van der Waals surface area contributed by atoms with Crippen LogP contribution in [-0.4, -0.2) is 9.97 Å². The van der Waals surface area contributed by atoms with Gasteiger partial charge >= 0.3 is 0 Å². The molecule has 0 saturated heterocycles. The predicted octanol–water partition coefficient (Wildman–Crippen LogP) is 3.29. The maximum Gasteiger partial charge on any atom is 0.216 e. The number of nitrogens with two attached hydrogens (primary N) is 1. The van der Waals surface area contributed by atoms with Crippen molar-refractivity contribution in [2.45, 2.75) is 19.9 Å². The van der Waals surface area contributed by atoms with Gasteiger partial charge in [0.05, 0.1) is 17.6 Å². The molecule has 0 aliphatic rings. The van der Waals surface area contributed by atoms with E-state index in [1.807, 2.05) is 32.0 Å². The van der Waals surface area contributed by atoms with Crippen LogP contribution in [0.4, 0.5) is 11.4 Å². The largest absolute Gasteiger partial charge is 0.444 e. The minimum atomic E-state index is -0.0507. The van der Waals surface area contributed by atoms with Gasteiger partial charge in [-0.3, -0.25) is 4.98 Å². The van der Waals surface area contributed by atoms with E-state index in [1.54, 1.807) is 18.6 Å². The number of aryl methyl sites for hydroxylation is 1. The van der Waals surface area contributed by atoms with Crippen LogP contribution in [0.5, 0.6) is 0 Å². The molecule has 1 aromatic carbocycles. The lowest BCUT2D eigenvalue weighted by Crippen LogP contribution is -2.08. The summed E-state index contributed by atoms with van der Waals surface area (Å²) < 4.78 is 5.52. The Balaban J connectivity index is 1.93. The number of nitrogen functional groups attached to an aromatic ring is 1. The van der Waals surface area contributed by atoms with Crippen LogP contribution < -0.4 is 11.1 Å². The van der Waals surface area contributed by atoms with Gasteiger partial charge in [-0.1, -0.05) is 6.07 Å². The smallest absolute Gasteiger partial charge is 0.216 e. The average molecular weight is 268 g/mol.